The van der Waals surface area contributed by atoms with Gasteiger partial charge in [0.05, 0.1) is 11.1 Å². The van der Waals surface area contributed by atoms with Crippen LogP contribution in [-0.2, 0) is 21.2 Å². The third-order valence-corrected chi connectivity index (χ3v) is 6.57. The zero-order valence-electron chi connectivity index (χ0n) is 11.5. The zero-order valence-corrected chi connectivity index (χ0v) is 12.5. The molecule has 9 heteroatoms. The van der Waals surface area contributed by atoms with Gasteiger partial charge in [0.15, 0.2) is 0 Å². The van der Waals surface area contributed by atoms with E-state index in [0.29, 0.717) is 12.1 Å². The summed E-state index contributed by atoms with van der Waals surface area (Å²) in [5.41, 5.74) is -2.74. The van der Waals surface area contributed by atoms with Gasteiger partial charge >= 0.3 is 20.9 Å². The van der Waals surface area contributed by atoms with Gasteiger partial charge < -0.3 is 8.85 Å². The molecule has 0 saturated carbocycles. The molecule has 0 unspecified atom stereocenters. The first-order valence-electron chi connectivity index (χ1n) is 5.90. The lowest BCUT2D eigenvalue weighted by atomic mass is 10.1. The normalized spacial score (nSPS) is 13.6. The van der Waals surface area contributed by atoms with Gasteiger partial charge in [-0.25, -0.2) is 0 Å². The molecule has 0 aromatic heterocycles. The van der Waals surface area contributed by atoms with E-state index in [2.05, 4.69) is 0 Å². The Labute approximate surface area is 118 Å². The van der Waals surface area contributed by atoms with Crippen LogP contribution in [0, 0.1) is 0 Å². The Morgan fingerprint density at radius 3 is 1.48 bits per heavy atom. The molecular formula is C12H14F6O2Si. The highest BCUT2D eigenvalue weighted by molar-refractivity contribution is 6.81. The second-order valence-electron chi connectivity index (χ2n) is 4.31. The second kappa shape index (κ2) is 5.97. The van der Waals surface area contributed by atoms with Crippen molar-refractivity contribution in [2.24, 2.45) is 0 Å². The molecule has 1 rings (SSSR count). The number of alkyl halides is 6. The minimum atomic E-state index is -4.88. The Balaban J connectivity index is 3.59. The van der Waals surface area contributed by atoms with E-state index in [0.717, 1.165) is 0 Å². The van der Waals surface area contributed by atoms with Crippen molar-refractivity contribution in [2.75, 3.05) is 14.2 Å². The predicted octanol–water partition coefficient (Wildman–Crippen LogP) is 3.69. The maximum atomic E-state index is 12.8. The molecule has 0 heterocycles. The summed E-state index contributed by atoms with van der Waals surface area (Å²) in [6, 6.07) is 1.60. The van der Waals surface area contributed by atoms with Crippen molar-refractivity contribution in [3.05, 3.63) is 29.3 Å². The molecule has 0 fully saturated rings. The largest absolute Gasteiger partial charge is 0.416 e. The first-order valence-corrected chi connectivity index (χ1v) is 7.92. The minimum absolute atomic E-state index is 0.0869. The molecule has 0 radical (unpaired) electrons. The molecule has 120 valence electrons. The SMILES string of the molecule is CC[Si](OC)(OC)c1cc(C(F)(F)F)cc(C(F)(F)F)c1. The fraction of sp³-hybridized carbons (Fsp3) is 0.500. The summed E-state index contributed by atoms with van der Waals surface area (Å²) in [5, 5.41) is -0.197. The van der Waals surface area contributed by atoms with Crippen LogP contribution < -0.4 is 5.19 Å². The standard InChI is InChI=1S/C12H14F6O2Si/c1-4-21(19-2,20-3)10-6-8(11(13,14)15)5-9(7-10)12(16,17)18/h5-7H,4H2,1-3H3. The van der Waals surface area contributed by atoms with Crippen LogP contribution in [-0.4, -0.2) is 22.8 Å². The summed E-state index contributed by atoms with van der Waals surface area (Å²) in [7, 11) is -0.884. The van der Waals surface area contributed by atoms with Crippen LogP contribution in [0.3, 0.4) is 0 Å². The summed E-state index contributed by atoms with van der Waals surface area (Å²) < 4.78 is 87.1. The quantitative estimate of drug-likeness (QED) is 0.618. The number of hydrogen-bond acceptors (Lipinski definition) is 2. The van der Waals surface area contributed by atoms with Gasteiger partial charge in [0.25, 0.3) is 0 Å². The predicted molar refractivity (Wildman–Crippen MR) is 66.3 cm³/mol. The molecule has 0 spiro atoms. The van der Waals surface area contributed by atoms with Gasteiger partial charge in [0, 0.05) is 14.2 Å². The number of benzene rings is 1. The van der Waals surface area contributed by atoms with E-state index in [1.807, 2.05) is 0 Å². The topological polar surface area (TPSA) is 18.5 Å². The highest BCUT2D eigenvalue weighted by atomic mass is 28.4. The van der Waals surface area contributed by atoms with Gasteiger partial charge in [-0.05, 0) is 29.4 Å². The highest BCUT2D eigenvalue weighted by Crippen LogP contribution is 2.35. The molecule has 1 aromatic rings. The molecule has 0 amide bonds. The number of rotatable bonds is 4. The lowest BCUT2D eigenvalue weighted by molar-refractivity contribution is -0.142. The molecule has 0 saturated heterocycles. The molecule has 0 aliphatic carbocycles. The zero-order chi connectivity index (χ0) is 16.5. The van der Waals surface area contributed by atoms with E-state index in [-0.39, 0.29) is 17.3 Å². The first-order chi connectivity index (χ1) is 9.50. The first kappa shape index (κ1) is 18.0. The maximum Gasteiger partial charge on any atom is 0.416 e. The van der Waals surface area contributed by atoms with E-state index >= 15 is 0 Å². The van der Waals surface area contributed by atoms with Gasteiger partial charge in [-0.3, -0.25) is 0 Å². The van der Waals surface area contributed by atoms with Crippen molar-refractivity contribution in [1.82, 2.24) is 0 Å². The Kier molecular flexibility index (Phi) is 5.12. The average Bonchev–Trinajstić information content (AvgIpc) is 2.39. The second-order valence-corrected chi connectivity index (χ2v) is 7.92. The molecule has 2 nitrogen and oxygen atoms in total. The van der Waals surface area contributed by atoms with Crippen LogP contribution in [0.1, 0.15) is 18.1 Å². The lowest BCUT2D eigenvalue weighted by Gasteiger charge is -2.27. The van der Waals surface area contributed by atoms with Crippen LogP contribution in [0.25, 0.3) is 0 Å². The van der Waals surface area contributed by atoms with Gasteiger partial charge in [-0.1, -0.05) is 6.92 Å². The van der Waals surface area contributed by atoms with Gasteiger partial charge in [0.2, 0.25) is 0 Å². The molecular weight excluding hydrogens is 318 g/mol. The number of halogens is 6. The van der Waals surface area contributed by atoms with E-state index in [9.17, 15) is 26.3 Å². The summed E-state index contributed by atoms with van der Waals surface area (Å²) in [6.45, 7) is 1.59. The van der Waals surface area contributed by atoms with Gasteiger partial charge in [-0.2, -0.15) is 26.3 Å². The van der Waals surface area contributed by atoms with Crippen LogP contribution >= 0.6 is 0 Å². The Hall–Kier alpha value is -1.06. The number of hydrogen-bond donors (Lipinski definition) is 0. The minimum Gasteiger partial charge on any atom is -0.394 e. The molecule has 0 aliphatic rings. The Morgan fingerprint density at radius 2 is 1.24 bits per heavy atom. The van der Waals surface area contributed by atoms with E-state index < -0.39 is 32.0 Å². The summed E-state index contributed by atoms with van der Waals surface area (Å²) in [4.78, 5) is 0. The van der Waals surface area contributed by atoms with Crippen molar-refractivity contribution in [3.63, 3.8) is 0 Å². The Morgan fingerprint density at radius 1 is 0.857 bits per heavy atom. The Bertz CT molecular complexity index is 453. The monoisotopic (exact) mass is 332 g/mol. The van der Waals surface area contributed by atoms with E-state index in [1.54, 1.807) is 6.92 Å². The van der Waals surface area contributed by atoms with Crippen molar-refractivity contribution in [2.45, 2.75) is 25.3 Å². The average molecular weight is 332 g/mol. The van der Waals surface area contributed by atoms with Crippen molar-refractivity contribution in [1.29, 1.82) is 0 Å². The van der Waals surface area contributed by atoms with Gasteiger partial charge in [0.1, 0.15) is 0 Å². The fourth-order valence-corrected chi connectivity index (χ4v) is 4.36. The van der Waals surface area contributed by atoms with Gasteiger partial charge in [-0.15, -0.1) is 0 Å². The highest BCUT2D eigenvalue weighted by Gasteiger charge is 2.42. The molecule has 0 aliphatic heterocycles. The van der Waals surface area contributed by atoms with Crippen molar-refractivity contribution >= 4 is 13.7 Å². The third kappa shape index (κ3) is 3.77. The molecule has 1 aromatic carbocycles. The summed E-state index contributed by atoms with van der Waals surface area (Å²) >= 11 is 0. The smallest absolute Gasteiger partial charge is 0.394 e. The maximum absolute atomic E-state index is 12.8. The lowest BCUT2D eigenvalue weighted by Crippen LogP contribution is -2.52. The fourth-order valence-electron chi connectivity index (χ4n) is 1.99. The summed E-state index contributed by atoms with van der Waals surface area (Å²) in [5.74, 6) is 0. The molecule has 21 heavy (non-hydrogen) atoms. The molecule has 0 N–H and O–H groups in total. The van der Waals surface area contributed by atoms with Crippen LogP contribution in [0.15, 0.2) is 18.2 Å². The third-order valence-electron chi connectivity index (χ3n) is 3.15. The van der Waals surface area contributed by atoms with Crippen molar-refractivity contribution in [3.8, 4) is 0 Å². The summed E-state index contributed by atoms with van der Waals surface area (Å²) in [6.07, 6.45) is -9.77. The molecule has 0 bridgehead atoms. The molecule has 0 atom stereocenters. The van der Waals surface area contributed by atoms with Crippen LogP contribution in [0.2, 0.25) is 6.04 Å². The van der Waals surface area contributed by atoms with Crippen molar-refractivity contribution < 1.29 is 35.2 Å². The van der Waals surface area contributed by atoms with E-state index in [4.69, 9.17) is 8.85 Å². The van der Waals surface area contributed by atoms with E-state index in [1.165, 1.54) is 14.2 Å². The van der Waals surface area contributed by atoms with Crippen LogP contribution in [0.4, 0.5) is 26.3 Å². The van der Waals surface area contributed by atoms with Crippen LogP contribution in [0.5, 0.6) is 0 Å².